The lowest BCUT2D eigenvalue weighted by molar-refractivity contribution is 0.469. The smallest absolute Gasteiger partial charge is 0.278 e. The van der Waals surface area contributed by atoms with Crippen LogP contribution in [-0.2, 0) is 18.4 Å². The van der Waals surface area contributed by atoms with Crippen molar-refractivity contribution in [1.82, 2.24) is 29.6 Å². The van der Waals surface area contributed by atoms with E-state index < -0.39 is 0 Å². The third-order valence-corrected chi connectivity index (χ3v) is 6.53. The van der Waals surface area contributed by atoms with Crippen LogP contribution in [0.1, 0.15) is 57.5 Å². The van der Waals surface area contributed by atoms with Crippen molar-refractivity contribution in [3.63, 3.8) is 0 Å². The van der Waals surface area contributed by atoms with E-state index in [1.165, 1.54) is 11.1 Å². The molecule has 4 heterocycles. The largest absolute Gasteiger partial charge is 0.324 e. The van der Waals surface area contributed by atoms with E-state index in [-0.39, 0.29) is 17.0 Å². The van der Waals surface area contributed by atoms with Crippen molar-refractivity contribution in [1.29, 1.82) is 0 Å². The fourth-order valence-electron chi connectivity index (χ4n) is 4.51. The number of benzene rings is 1. The first-order valence-electron chi connectivity index (χ1n) is 11.9. The maximum atomic E-state index is 13.3. The third-order valence-electron chi connectivity index (χ3n) is 6.22. The molecule has 0 aliphatic carbocycles. The number of anilines is 2. The minimum atomic E-state index is -0.262. The van der Waals surface area contributed by atoms with Crippen molar-refractivity contribution < 1.29 is 0 Å². The SMILES string of the molecule is CC(C)n1c(=O)c2cnc(Nc3ccc4c(c3)CNCC4)nc2n1-c1ccc(Cl)c(C(C)(C)C)n1. The zero-order valence-corrected chi connectivity index (χ0v) is 21.4. The Kier molecular flexibility index (Phi) is 5.89. The van der Waals surface area contributed by atoms with Crippen LogP contribution in [0.25, 0.3) is 16.9 Å². The van der Waals surface area contributed by atoms with Gasteiger partial charge in [-0.1, -0.05) is 38.4 Å². The molecule has 0 saturated carbocycles. The van der Waals surface area contributed by atoms with Gasteiger partial charge in [0.25, 0.3) is 5.56 Å². The van der Waals surface area contributed by atoms with Crippen molar-refractivity contribution in [2.45, 2.75) is 59.0 Å². The minimum Gasteiger partial charge on any atom is -0.324 e. The van der Waals surface area contributed by atoms with Gasteiger partial charge in [0, 0.05) is 29.9 Å². The van der Waals surface area contributed by atoms with Gasteiger partial charge in [0.2, 0.25) is 5.95 Å². The minimum absolute atomic E-state index is 0.114. The van der Waals surface area contributed by atoms with Gasteiger partial charge >= 0.3 is 0 Å². The fourth-order valence-corrected chi connectivity index (χ4v) is 4.90. The van der Waals surface area contributed by atoms with Gasteiger partial charge in [0.15, 0.2) is 11.5 Å². The summed E-state index contributed by atoms with van der Waals surface area (Å²) in [6.07, 6.45) is 2.61. The molecular weight excluding hydrogens is 462 g/mol. The molecule has 1 aromatic carbocycles. The number of nitrogens with zero attached hydrogens (tertiary/aromatic N) is 5. The molecule has 0 fully saturated rings. The summed E-state index contributed by atoms with van der Waals surface area (Å²) in [6, 6.07) is 9.84. The molecule has 0 spiro atoms. The lowest BCUT2D eigenvalue weighted by atomic mass is 9.91. The van der Waals surface area contributed by atoms with Crippen molar-refractivity contribution >= 4 is 34.3 Å². The zero-order chi connectivity index (χ0) is 24.9. The molecule has 3 aromatic heterocycles. The lowest BCUT2D eigenvalue weighted by Gasteiger charge is -2.21. The van der Waals surface area contributed by atoms with Crippen LogP contribution in [-0.4, -0.2) is 30.9 Å². The normalized spacial score (nSPS) is 13.9. The predicted molar refractivity (Wildman–Crippen MR) is 140 cm³/mol. The highest BCUT2D eigenvalue weighted by Gasteiger charge is 2.24. The maximum absolute atomic E-state index is 13.3. The van der Waals surface area contributed by atoms with Crippen molar-refractivity contribution in [3.8, 4) is 5.82 Å². The number of pyridine rings is 1. The first kappa shape index (κ1) is 23.5. The zero-order valence-electron chi connectivity index (χ0n) is 20.7. The molecule has 0 unspecified atom stereocenters. The molecule has 0 radical (unpaired) electrons. The summed E-state index contributed by atoms with van der Waals surface area (Å²) in [5.41, 5.74) is 4.37. The van der Waals surface area contributed by atoms with Crippen molar-refractivity contribution in [2.24, 2.45) is 0 Å². The number of aromatic nitrogens is 5. The number of rotatable bonds is 4. The van der Waals surface area contributed by atoms with Gasteiger partial charge in [0.05, 0.1) is 10.7 Å². The van der Waals surface area contributed by atoms with Crippen molar-refractivity contribution in [3.05, 3.63) is 68.7 Å². The number of fused-ring (bicyclic) bond motifs is 2. The van der Waals surface area contributed by atoms with E-state index in [2.05, 4.69) is 48.5 Å². The van der Waals surface area contributed by atoms with E-state index in [0.29, 0.717) is 27.8 Å². The van der Waals surface area contributed by atoms with Gasteiger partial charge in [-0.05, 0) is 62.2 Å². The van der Waals surface area contributed by atoms with Gasteiger partial charge in [0.1, 0.15) is 5.39 Å². The van der Waals surface area contributed by atoms with Crippen LogP contribution in [0.4, 0.5) is 11.6 Å². The lowest BCUT2D eigenvalue weighted by Crippen LogP contribution is -2.25. The molecule has 9 heteroatoms. The summed E-state index contributed by atoms with van der Waals surface area (Å²) >= 11 is 6.48. The van der Waals surface area contributed by atoms with Gasteiger partial charge in [-0.15, -0.1) is 0 Å². The number of halogens is 1. The Balaban J connectivity index is 1.64. The van der Waals surface area contributed by atoms with Crippen LogP contribution in [0.15, 0.2) is 41.3 Å². The monoisotopic (exact) mass is 491 g/mol. The Labute approximate surface area is 209 Å². The summed E-state index contributed by atoms with van der Waals surface area (Å²) in [4.78, 5) is 27.4. The van der Waals surface area contributed by atoms with E-state index in [9.17, 15) is 4.79 Å². The van der Waals surface area contributed by atoms with Crippen molar-refractivity contribution in [2.75, 3.05) is 11.9 Å². The average Bonchev–Trinajstić information content (AvgIpc) is 3.10. The summed E-state index contributed by atoms with van der Waals surface area (Å²) in [5, 5.41) is 7.75. The van der Waals surface area contributed by atoms with Crippen LogP contribution in [0.3, 0.4) is 0 Å². The van der Waals surface area contributed by atoms with E-state index in [1.807, 2.05) is 32.0 Å². The van der Waals surface area contributed by atoms with Gasteiger partial charge in [-0.25, -0.2) is 19.3 Å². The van der Waals surface area contributed by atoms with Gasteiger partial charge in [-0.3, -0.25) is 4.79 Å². The first-order chi connectivity index (χ1) is 16.6. The van der Waals surface area contributed by atoms with Gasteiger partial charge < -0.3 is 10.6 Å². The Morgan fingerprint density at radius 1 is 1.11 bits per heavy atom. The van der Waals surface area contributed by atoms with E-state index in [1.54, 1.807) is 15.6 Å². The first-order valence-corrected chi connectivity index (χ1v) is 12.3. The summed E-state index contributed by atoms with van der Waals surface area (Å²) < 4.78 is 3.44. The molecular formula is C26H30ClN7O. The van der Waals surface area contributed by atoms with E-state index >= 15 is 0 Å². The summed E-state index contributed by atoms with van der Waals surface area (Å²) in [6.45, 7) is 12.0. The maximum Gasteiger partial charge on any atom is 0.278 e. The molecule has 5 rings (SSSR count). The number of hydrogen-bond acceptors (Lipinski definition) is 6. The molecule has 8 nitrogen and oxygen atoms in total. The Morgan fingerprint density at radius 3 is 2.66 bits per heavy atom. The van der Waals surface area contributed by atoms with Crippen LogP contribution >= 0.6 is 11.6 Å². The second kappa shape index (κ2) is 8.77. The predicted octanol–water partition coefficient (Wildman–Crippen LogP) is 4.90. The molecule has 4 aromatic rings. The highest BCUT2D eigenvalue weighted by Crippen LogP contribution is 2.30. The third kappa shape index (κ3) is 4.32. The van der Waals surface area contributed by atoms with E-state index in [4.69, 9.17) is 21.6 Å². The fraction of sp³-hybridized carbons (Fsp3) is 0.385. The molecule has 35 heavy (non-hydrogen) atoms. The molecule has 1 aliphatic rings. The Morgan fingerprint density at radius 2 is 1.91 bits per heavy atom. The van der Waals surface area contributed by atoms with Gasteiger partial charge in [-0.2, -0.15) is 4.98 Å². The Hall–Kier alpha value is -3.23. The second-order valence-corrected chi connectivity index (χ2v) is 10.7. The summed E-state index contributed by atoms with van der Waals surface area (Å²) in [7, 11) is 0. The molecule has 182 valence electrons. The number of nitrogens with one attached hydrogen (secondary N) is 2. The molecule has 0 bridgehead atoms. The second-order valence-electron chi connectivity index (χ2n) is 10.3. The molecule has 0 atom stereocenters. The summed E-state index contributed by atoms with van der Waals surface area (Å²) in [5.74, 6) is 1.01. The highest BCUT2D eigenvalue weighted by atomic mass is 35.5. The van der Waals surface area contributed by atoms with Crippen LogP contribution in [0.2, 0.25) is 5.02 Å². The average molecular weight is 492 g/mol. The van der Waals surface area contributed by atoms with Crippen LogP contribution in [0.5, 0.6) is 0 Å². The molecule has 1 aliphatic heterocycles. The molecule has 0 saturated heterocycles. The van der Waals surface area contributed by atoms with E-state index in [0.717, 1.165) is 30.9 Å². The highest BCUT2D eigenvalue weighted by molar-refractivity contribution is 6.31. The van der Waals surface area contributed by atoms with Crippen LogP contribution < -0.4 is 16.2 Å². The quantitative estimate of drug-likeness (QED) is 0.422. The van der Waals surface area contributed by atoms with Crippen LogP contribution in [0, 0.1) is 0 Å². The standard InChI is InChI=1S/C26H30ClN7O/c1-15(2)33-24(35)19-14-29-25(30-18-7-6-16-10-11-28-13-17(16)12-18)32-23(19)34(33)21-9-8-20(27)22(31-21)26(3,4)5/h6-9,12,14-15,28H,10-11,13H2,1-5H3,(H,29,30,32). The molecule has 0 amide bonds. The topological polar surface area (TPSA) is 89.7 Å². The number of hydrogen-bond donors (Lipinski definition) is 2. The molecule has 2 N–H and O–H groups in total. The Bertz CT molecular complexity index is 1480.